The molecule has 88 valence electrons. The van der Waals surface area contributed by atoms with Crippen LogP contribution < -0.4 is 5.32 Å². The van der Waals surface area contributed by atoms with Crippen molar-refractivity contribution in [1.29, 1.82) is 0 Å². The van der Waals surface area contributed by atoms with Gasteiger partial charge in [0.05, 0.1) is 5.60 Å². The molecule has 2 rings (SSSR count). The Kier molecular flexibility index (Phi) is 4.35. The van der Waals surface area contributed by atoms with Crippen LogP contribution in [0.2, 0.25) is 0 Å². The van der Waals surface area contributed by atoms with Crippen LogP contribution in [-0.2, 0) is 0 Å². The van der Waals surface area contributed by atoms with Gasteiger partial charge in [-0.05, 0) is 37.2 Å². The lowest BCUT2D eigenvalue weighted by molar-refractivity contribution is 0.0284. The van der Waals surface area contributed by atoms with E-state index in [2.05, 4.69) is 5.32 Å². The highest BCUT2D eigenvalue weighted by Gasteiger charge is 2.30. The Labute approximate surface area is 97.2 Å². The summed E-state index contributed by atoms with van der Waals surface area (Å²) < 4.78 is 0. The molecule has 1 heterocycles. The van der Waals surface area contributed by atoms with Gasteiger partial charge < -0.3 is 10.4 Å². The van der Waals surface area contributed by atoms with Crippen molar-refractivity contribution in [1.82, 2.24) is 5.32 Å². The highest BCUT2D eigenvalue weighted by atomic mass is 32.2. The van der Waals surface area contributed by atoms with Gasteiger partial charge in [0, 0.05) is 12.6 Å². The maximum absolute atomic E-state index is 10.3. The quantitative estimate of drug-likeness (QED) is 0.778. The predicted molar refractivity (Wildman–Crippen MR) is 66.4 cm³/mol. The molecule has 0 aromatic rings. The number of thioether (sulfide) groups is 1. The molecule has 0 amide bonds. The summed E-state index contributed by atoms with van der Waals surface area (Å²) in [5.41, 5.74) is -0.400. The first-order valence-corrected chi connectivity index (χ1v) is 7.48. The van der Waals surface area contributed by atoms with Crippen LogP contribution in [0.1, 0.15) is 44.9 Å². The zero-order valence-electron chi connectivity index (χ0n) is 9.50. The van der Waals surface area contributed by atoms with E-state index in [9.17, 15) is 5.11 Å². The molecule has 2 N–H and O–H groups in total. The molecule has 3 heteroatoms. The van der Waals surface area contributed by atoms with Crippen LogP contribution in [0, 0.1) is 0 Å². The Morgan fingerprint density at radius 3 is 2.47 bits per heavy atom. The number of hydrogen-bond acceptors (Lipinski definition) is 3. The van der Waals surface area contributed by atoms with E-state index in [4.69, 9.17) is 0 Å². The van der Waals surface area contributed by atoms with Crippen molar-refractivity contribution >= 4 is 11.8 Å². The SMILES string of the molecule is OC1(CNC2CCCCC2)CCSCC1. The minimum absolute atomic E-state index is 0.400. The molecule has 0 aromatic heterocycles. The maximum Gasteiger partial charge on any atom is 0.0787 e. The molecule has 2 fully saturated rings. The van der Waals surface area contributed by atoms with E-state index in [1.54, 1.807) is 0 Å². The van der Waals surface area contributed by atoms with Gasteiger partial charge in [-0.15, -0.1) is 0 Å². The van der Waals surface area contributed by atoms with Crippen LogP contribution >= 0.6 is 11.8 Å². The van der Waals surface area contributed by atoms with Crippen LogP contribution in [0.4, 0.5) is 0 Å². The normalized spacial score (nSPS) is 27.8. The van der Waals surface area contributed by atoms with Gasteiger partial charge in [-0.3, -0.25) is 0 Å². The molecule has 0 atom stereocenters. The molecule has 15 heavy (non-hydrogen) atoms. The minimum Gasteiger partial charge on any atom is -0.389 e. The Hall–Kier alpha value is 0.270. The summed E-state index contributed by atoms with van der Waals surface area (Å²) >= 11 is 1.97. The zero-order chi connectivity index (χ0) is 10.6. The molecule has 0 unspecified atom stereocenters. The van der Waals surface area contributed by atoms with Gasteiger partial charge in [0.25, 0.3) is 0 Å². The van der Waals surface area contributed by atoms with Crippen LogP contribution in [0.25, 0.3) is 0 Å². The first kappa shape index (κ1) is 11.7. The summed E-state index contributed by atoms with van der Waals surface area (Å²) in [4.78, 5) is 0. The fraction of sp³-hybridized carbons (Fsp3) is 1.00. The molecular formula is C12H23NOS. The summed E-state index contributed by atoms with van der Waals surface area (Å²) in [6.07, 6.45) is 8.70. The molecule has 2 aliphatic rings. The van der Waals surface area contributed by atoms with E-state index < -0.39 is 5.60 Å². The molecule has 0 bridgehead atoms. The Bertz CT molecular complexity index is 186. The van der Waals surface area contributed by atoms with Crippen molar-refractivity contribution < 1.29 is 5.11 Å². The van der Waals surface area contributed by atoms with Crippen molar-refractivity contribution in [3.8, 4) is 0 Å². The topological polar surface area (TPSA) is 32.3 Å². The van der Waals surface area contributed by atoms with Gasteiger partial charge in [-0.2, -0.15) is 11.8 Å². The molecule has 0 spiro atoms. The molecule has 0 radical (unpaired) electrons. The highest BCUT2D eigenvalue weighted by molar-refractivity contribution is 7.99. The van der Waals surface area contributed by atoms with Crippen LogP contribution in [0.15, 0.2) is 0 Å². The standard InChI is InChI=1S/C12H23NOS/c14-12(6-8-15-9-7-12)10-13-11-4-2-1-3-5-11/h11,13-14H,1-10H2. The molecule has 1 aliphatic carbocycles. The van der Waals surface area contributed by atoms with Gasteiger partial charge in [-0.25, -0.2) is 0 Å². The van der Waals surface area contributed by atoms with Crippen molar-refractivity contribution in [3.63, 3.8) is 0 Å². The number of aliphatic hydroxyl groups is 1. The summed E-state index contributed by atoms with van der Waals surface area (Å²) in [5, 5.41) is 13.9. The predicted octanol–water partition coefficient (Wildman–Crippen LogP) is 2.17. The second-order valence-corrected chi connectivity index (χ2v) is 6.28. The number of hydrogen-bond donors (Lipinski definition) is 2. The average molecular weight is 229 g/mol. The van der Waals surface area contributed by atoms with Gasteiger partial charge >= 0.3 is 0 Å². The van der Waals surface area contributed by atoms with Crippen LogP contribution in [0.3, 0.4) is 0 Å². The van der Waals surface area contributed by atoms with E-state index in [1.807, 2.05) is 11.8 Å². The van der Waals surface area contributed by atoms with Crippen LogP contribution in [0.5, 0.6) is 0 Å². The fourth-order valence-electron chi connectivity index (χ4n) is 2.57. The van der Waals surface area contributed by atoms with Crippen molar-refractivity contribution in [2.45, 2.75) is 56.6 Å². The second kappa shape index (κ2) is 5.55. The number of rotatable bonds is 3. The molecular weight excluding hydrogens is 206 g/mol. The summed E-state index contributed by atoms with van der Waals surface area (Å²) in [7, 11) is 0. The number of nitrogens with one attached hydrogen (secondary N) is 1. The average Bonchev–Trinajstić information content (AvgIpc) is 2.29. The Morgan fingerprint density at radius 1 is 1.13 bits per heavy atom. The van der Waals surface area contributed by atoms with Gasteiger partial charge in [0.1, 0.15) is 0 Å². The molecule has 0 aromatic carbocycles. The molecule has 1 saturated heterocycles. The third kappa shape index (κ3) is 3.65. The first-order valence-electron chi connectivity index (χ1n) is 6.32. The zero-order valence-corrected chi connectivity index (χ0v) is 10.3. The van der Waals surface area contributed by atoms with Crippen molar-refractivity contribution in [2.24, 2.45) is 0 Å². The third-order valence-electron chi connectivity index (χ3n) is 3.75. The lowest BCUT2D eigenvalue weighted by Crippen LogP contribution is -2.47. The van der Waals surface area contributed by atoms with E-state index in [0.29, 0.717) is 6.04 Å². The summed E-state index contributed by atoms with van der Waals surface area (Å²) in [6, 6.07) is 0.678. The van der Waals surface area contributed by atoms with E-state index in [0.717, 1.165) is 30.9 Å². The molecule has 1 saturated carbocycles. The highest BCUT2D eigenvalue weighted by Crippen LogP contribution is 2.27. The lowest BCUT2D eigenvalue weighted by atomic mass is 9.92. The summed E-state index contributed by atoms with van der Waals surface area (Å²) in [5.74, 6) is 2.26. The summed E-state index contributed by atoms with van der Waals surface area (Å²) in [6.45, 7) is 0.818. The first-order chi connectivity index (χ1) is 7.29. The van der Waals surface area contributed by atoms with E-state index in [1.165, 1.54) is 32.1 Å². The molecule has 2 nitrogen and oxygen atoms in total. The van der Waals surface area contributed by atoms with E-state index in [-0.39, 0.29) is 0 Å². The van der Waals surface area contributed by atoms with Gasteiger partial charge in [-0.1, -0.05) is 19.3 Å². The van der Waals surface area contributed by atoms with Crippen molar-refractivity contribution in [2.75, 3.05) is 18.1 Å². The van der Waals surface area contributed by atoms with Crippen LogP contribution in [-0.4, -0.2) is 34.8 Å². The molecule has 1 aliphatic heterocycles. The minimum atomic E-state index is -0.400. The fourth-order valence-corrected chi connectivity index (χ4v) is 3.82. The van der Waals surface area contributed by atoms with Gasteiger partial charge in [0.15, 0.2) is 0 Å². The van der Waals surface area contributed by atoms with E-state index >= 15 is 0 Å². The maximum atomic E-state index is 10.3. The van der Waals surface area contributed by atoms with Gasteiger partial charge in [0.2, 0.25) is 0 Å². The van der Waals surface area contributed by atoms with Crippen molar-refractivity contribution in [3.05, 3.63) is 0 Å². The Morgan fingerprint density at radius 2 is 1.80 bits per heavy atom. The lowest BCUT2D eigenvalue weighted by Gasteiger charge is -2.34. The monoisotopic (exact) mass is 229 g/mol. The third-order valence-corrected chi connectivity index (χ3v) is 4.73. The smallest absolute Gasteiger partial charge is 0.0787 e. The second-order valence-electron chi connectivity index (χ2n) is 5.05. The Balaban J connectivity index is 1.70. The largest absolute Gasteiger partial charge is 0.389 e.